The molecule has 14 heteroatoms. The third-order valence-electron chi connectivity index (χ3n) is 5.34. The van der Waals surface area contributed by atoms with Crippen LogP contribution in [0, 0.1) is 0 Å². The number of aliphatic hydroxyl groups is 2. The van der Waals surface area contributed by atoms with Gasteiger partial charge in [-0.25, -0.2) is 14.2 Å². The Morgan fingerprint density at radius 2 is 1.94 bits per heavy atom. The molecule has 13 nitrogen and oxygen atoms in total. The lowest BCUT2D eigenvalue weighted by Crippen LogP contribution is -2.55. The van der Waals surface area contributed by atoms with Gasteiger partial charge in [0, 0.05) is 11.6 Å². The number of benzene rings is 2. The van der Waals surface area contributed by atoms with Gasteiger partial charge in [0.15, 0.2) is 6.23 Å². The van der Waals surface area contributed by atoms with Crippen LogP contribution in [0.4, 0.5) is 5.82 Å². The molecular weight excluding hydrogens is 473 g/mol. The van der Waals surface area contributed by atoms with Gasteiger partial charge in [0.25, 0.3) is 0 Å². The zero-order chi connectivity index (χ0) is 24.7. The standard InChI is InChI=1S/C20H20N3O10P/c21-15-8-9-23(19(27)22-15)17-16(24)20(28,18(25)26)14(32-17)10-31-34(29,30)33-13-7-3-5-11-4-1-2-6-12(11)13/h1-9,14,16-17,24,28H,10H2,(H,25,26)(H,29,30)(H2,21,22,27)/t14-,16+,17-,20-/m1/s1. The number of rotatable bonds is 7. The van der Waals surface area contributed by atoms with E-state index in [-0.39, 0.29) is 11.6 Å². The van der Waals surface area contributed by atoms with Gasteiger partial charge in [-0.2, -0.15) is 4.98 Å². The average Bonchev–Trinajstić information content (AvgIpc) is 3.04. The predicted molar refractivity (Wildman–Crippen MR) is 116 cm³/mol. The summed E-state index contributed by atoms with van der Waals surface area (Å²) < 4.78 is 28.7. The SMILES string of the molecule is Nc1ccn([C@@H]2O[C@H](COP(=O)(O)Oc3cccc4ccccc34)[C@](O)(C(=O)O)[C@H]2O)c(=O)n1. The summed E-state index contributed by atoms with van der Waals surface area (Å²) in [7, 11) is -4.85. The summed E-state index contributed by atoms with van der Waals surface area (Å²) in [5.41, 5.74) is 1.44. The van der Waals surface area contributed by atoms with Gasteiger partial charge in [0.1, 0.15) is 23.8 Å². The number of ether oxygens (including phenoxy) is 1. The number of nitrogen functional groups attached to an aromatic ring is 1. The Balaban J connectivity index is 1.56. The second kappa shape index (κ2) is 8.80. The molecule has 5 atom stereocenters. The van der Waals surface area contributed by atoms with Crippen molar-refractivity contribution in [2.24, 2.45) is 0 Å². The molecule has 0 spiro atoms. The summed E-state index contributed by atoms with van der Waals surface area (Å²) in [6, 6.07) is 12.9. The van der Waals surface area contributed by atoms with E-state index >= 15 is 0 Å². The number of aliphatic carboxylic acids is 1. The number of carboxylic acid groups (broad SMARTS) is 1. The molecule has 34 heavy (non-hydrogen) atoms. The molecule has 0 amide bonds. The summed E-state index contributed by atoms with van der Waals surface area (Å²) in [4.78, 5) is 37.6. The van der Waals surface area contributed by atoms with Crippen LogP contribution in [-0.2, 0) is 18.6 Å². The first-order valence-corrected chi connectivity index (χ1v) is 11.3. The van der Waals surface area contributed by atoms with Gasteiger partial charge in [-0.15, -0.1) is 0 Å². The van der Waals surface area contributed by atoms with Crippen LogP contribution in [0.15, 0.2) is 59.5 Å². The van der Waals surface area contributed by atoms with E-state index in [1.165, 1.54) is 12.1 Å². The van der Waals surface area contributed by atoms with E-state index in [2.05, 4.69) is 4.98 Å². The monoisotopic (exact) mass is 493 g/mol. The van der Waals surface area contributed by atoms with Crippen LogP contribution in [0.2, 0.25) is 0 Å². The van der Waals surface area contributed by atoms with Gasteiger partial charge in [-0.1, -0.05) is 36.4 Å². The van der Waals surface area contributed by atoms with Crippen molar-refractivity contribution in [1.29, 1.82) is 0 Å². The summed E-state index contributed by atoms with van der Waals surface area (Å²) in [6.45, 7) is -0.980. The number of aromatic nitrogens is 2. The Morgan fingerprint density at radius 3 is 2.65 bits per heavy atom. The quantitative estimate of drug-likeness (QED) is 0.281. The summed E-state index contributed by atoms with van der Waals surface area (Å²) >= 11 is 0. The molecule has 180 valence electrons. The minimum absolute atomic E-state index is 0.0298. The van der Waals surface area contributed by atoms with Crippen molar-refractivity contribution in [1.82, 2.24) is 9.55 Å². The van der Waals surface area contributed by atoms with Crippen LogP contribution in [0.1, 0.15) is 6.23 Å². The van der Waals surface area contributed by atoms with Crippen molar-refractivity contribution in [2.45, 2.75) is 24.0 Å². The summed E-state index contributed by atoms with van der Waals surface area (Å²) in [6.07, 6.45) is -4.65. The summed E-state index contributed by atoms with van der Waals surface area (Å²) in [5, 5.41) is 32.0. The lowest BCUT2D eigenvalue weighted by molar-refractivity contribution is -0.175. The molecule has 0 bridgehead atoms. The van der Waals surface area contributed by atoms with Crippen molar-refractivity contribution < 1.29 is 43.4 Å². The Hall–Kier alpha value is -3.32. The number of hydrogen-bond acceptors (Lipinski definition) is 10. The second-order valence-corrected chi connectivity index (χ2v) is 8.84. The Bertz CT molecular complexity index is 1340. The molecule has 1 aliphatic rings. The van der Waals surface area contributed by atoms with Crippen LogP contribution in [0.25, 0.3) is 10.8 Å². The van der Waals surface area contributed by atoms with E-state index in [0.717, 1.165) is 16.2 Å². The molecule has 2 aromatic carbocycles. The largest absolute Gasteiger partial charge is 0.527 e. The molecule has 2 heterocycles. The molecule has 1 fully saturated rings. The number of aliphatic hydroxyl groups excluding tert-OH is 1. The van der Waals surface area contributed by atoms with Crippen molar-refractivity contribution in [3.05, 3.63) is 65.2 Å². The number of phosphoric acid groups is 1. The average molecular weight is 493 g/mol. The van der Waals surface area contributed by atoms with Crippen LogP contribution < -0.4 is 15.9 Å². The van der Waals surface area contributed by atoms with Crippen molar-refractivity contribution in [3.63, 3.8) is 0 Å². The Morgan fingerprint density at radius 1 is 1.24 bits per heavy atom. The van der Waals surface area contributed by atoms with Gasteiger partial charge in [0.2, 0.25) is 5.60 Å². The lowest BCUT2D eigenvalue weighted by atomic mass is 9.92. The van der Waals surface area contributed by atoms with E-state index in [1.54, 1.807) is 36.4 Å². The molecule has 3 aromatic rings. The maximum Gasteiger partial charge on any atom is 0.527 e. The lowest BCUT2D eigenvalue weighted by Gasteiger charge is -2.26. The minimum atomic E-state index is -4.85. The fourth-order valence-corrected chi connectivity index (χ4v) is 4.39. The van der Waals surface area contributed by atoms with Crippen LogP contribution in [-0.4, -0.2) is 60.1 Å². The smallest absolute Gasteiger partial charge is 0.479 e. The molecule has 1 unspecified atom stereocenters. The van der Waals surface area contributed by atoms with Gasteiger partial charge in [0.05, 0.1) is 6.61 Å². The number of phosphoric ester groups is 1. The van der Waals surface area contributed by atoms with E-state index in [1.807, 2.05) is 0 Å². The van der Waals surface area contributed by atoms with Gasteiger partial charge in [-0.05, 0) is 17.5 Å². The molecule has 4 rings (SSSR count). The molecule has 1 saturated heterocycles. The Labute approximate surface area is 191 Å². The second-order valence-electron chi connectivity index (χ2n) is 7.47. The highest BCUT2D eigenvalue weighted by molar-refractivity contribution is 7.47. The molecule has 6 N–H and O–H groups in total. The van der Waals surface area contributed by atoms with E-state index in [0.29, 0.717) is 5.39 Å². The zero-order valence-corrected chi connectivity index (χ0v) is 18.2. The van der Waals surface area contributed by atoms with E-state index < -0.39 is 50.1 Å². The number of nitrogens with zero attached hydrogens (tertiary/aromatic N) is 2. The third-order valence-corrected chi connectivity index (χ3v) is 6.24. The fraction of sp³-hybridized carbons (Fsp3) is 0.250. The first-order chi connectivity index (χ1) is 16.0. The first kappa shape index (κ1) is 23.8. The van der Waals surface area contributed by atoms with E-state index in [4.69, 9.17) is 19.5 Å². The van der Waals surface area contributed by atoms with E-state index in [9.17, 15) is 34.4 Å². The van der Waals surface area contributed by atoms with Crippen molar-refractivity contribution >= 4 is 30.4 Å². The third kappa shape index (κ3) is 4.28. The van der Waals surface area contributed by atoms with Gasteiger partial charge in [-0.3, -0.25) is 14.0 Å². The fourth-order valence-electron chi connectivity index (χ4n) is 3.61. The highest BCUT2D eigenvalue weighted by atomic mass is 31.2. The predicted octanol–water partition coefficient (Wildman–Crippen LogP) is 0.249. The Kier molecular flexibility index (Phi) is 6.16. The number of fused-ring (bicyclic) bond motifs is 1. The summed E-state index contributed by atoms with van der Waals surface area (Å²) in [5.74, 6) is -2.01. The topological polar surface area (TPSA) is 204 Å². The molecular formula is C20H20N3O10P. The highest BCUT2D eigenvalue weighted by Gasteiger charge is 2.62. The zero-order valence-electron chi connectivity index (χ0n) is 17.3. The maximum absolute atomic E-state index is 12.6. The molecule has 0 aliphatic carbocycles. The molecule has 0 radical (unpaired) electrons. The molecule has 0 saturated carbocycles. The minimum Gasteiger partial charge on any atom is -0.479 e. The maximum atomic E-state index is 12.6. The number of carbonyl (C=O) groups is 1. The van der Waals surface area contributed by atoms with Crippen LogP contribution >= 0.6 is 7.82 Å². The van der Waals surface area contributed by atoms with Crippen molar-refractivity contribution in [3.8, 4) is 5.75 Å². The highest BCUT2D eigenvalue weighted by Crippen LogP contribution is 2.47. The number of anilines is 1. The number of carboxylic acids is 1. The van der Waals surface area contributed by atoms with Crippen molar-refractivity contribution in [2.75, 3.05) is 12.3 Å². The normalized spacial score (nSPS) is 26.3. The van der Waals surface area contributed by atoms with Crippen LogP contribution in [0.5, 0.6) is 5.75 Å². The van der Waals surface area contributed by atoms with Crippen LogP contribution in [0.3, 0.4) is 0 Å². The number of hydrogen-bond donors (Lipinski definition) is 5. The first-order valence-electron chi connectivity index (χ1n) is 9.81. The number of nitrogens with two attached hydrogens (primary N) is 1. The molecule has 1 aromatic heterocycles. The van der Waals surface area contributed by atoms with Gasteiger partial charge >= 0.3 is 19.5 Å². The molecule has 1 aliphatic heterocycles. The van der Waals surface area contributed by atoms with Gasteiger partial charge < -0.3 is 30.3 Å².